The highest BCUT2D eigenvalue weighted by atomic mass is 79.9. The van der Waals surface area contributed by atoms with E-state index in [1.165, 1.54) is 6.33 Å². The number of anilines is 1. The third-order valence-electron chi connectivity index (χ3n) is 1.74. The van der Waals surface area contributed by atoms with E-state index < -0.39 is 6.04 Å². The molecule has 0 aromatic carbocycles. The van der Waals surface area contributed by atoms with E-state index in [1.807, 2.05) is 0 Å². The molecule has 7 heteroatoms. The Morgan fingerprint density at radius 1 is 1.60 bits per heavy atom. The summed E-state index contributed by atoms with van der Waals surface area (Å²) in [5.74, 6) is 0.364. The van der Waals surface area contributed by atoms with Crippen LogP contribution in [0.2, 0.25) is 5.15 Å². The molecule has 0 saturated heterocycles. The molecule has 1 amide bonds. The molecule has 1 rings (SSSR count). The van der Waals surface area contributed by atoms with Gasteiger partial charge >= 0.3 is 0 Å². The molecular weight excluding hydrogens is 283 g/mol. The number of likely N-dealkylation sites (N-methyl/N-ethyl adjacent to an activating group) is 1. The van der Waals surface area contributed by atoms with Crippen molar-refractivity contribution in [2.24, 2.45) is 0 Å². The lowest BCUT2D eigenvalue weighted by atomic mass is 10.3. The van der Waals surface area contributed by atoms with Gasteiger partial charge in [-0.3, -0.25) is 4.79 Å². The average molecular weight is 294 g/mol. The summed E-state index contributed by atoms with van der Waals surface area (Å²) in [4.78, 5) is 19.0. The van der Waals surface area contributed by atoms with Crippen LogP contribution in [0.15, 0.2) is 10.8 Å². The minimum atomic E-state index is -0.391. The van der Waals surface area contributed by atoms with Crippen LogP contribution in [0, 0.1) is 0 Å². The average Bonchev–Trinajstić information content (AvgIpc) is 2.23. The van der Waals surface area contributed by atoms with Gasteiger partial charge in [0, 0.05) is 7.05 Å². The van der Waals surface area contributed by atoms with E-state index in [0.29, 0.717) is 15.4 Å². The maximum absolute atomic E-state index is 11.2. The zero-order valence-corrected chi connectivity index (χ0v) is 10.6. The van der Waals surface area contributed by atoms with Crippen molar-refractivity contribution in [2.75, 3.05) is 12.4 Å². The minimum absolute atomic E-state index is 0.128. The molecule has 0 spiro atoms. The van der Waals surface area contributed by atoms with Crippen LogP contribution >= 0.6 is 27.5 Å². The Morgan fingerprint density at radius 3 is 2.87 bits per heavy atom. The molecule has 0 fully saturated rings. The van der Waals surface area contributed by atoms with Gasteiger partial charge in [0.1, 0.15) is 23.3 Å². The third kappa shape index (κ3) is 3.04. The Bertz CT molecular complexity index is 374. The van der Waals surface area contributed by atoms with Gasteiger partial charge in [-0.15, -0.1) is 0 Å². The fourth-order valence-corrected chi connectivity index (χ4v) is 1.39. The molecule has 0 aliphatic rings. The molecular formula is C8H10BrClN4O. The van der Waals surface area contributed by atoms with Gasteiger partial charge in [0.05, 0.1) is 4.47 Å². The Kier molecular flexibility index (Phi) is 4.28. The fraction of sp³-hybridized carbons (Fsp3) is 0.375. The van der Waals surface area contributed by atoms with Gasteiger partial charge in [0.25, 0.3) is 0 Å². The van der Waals surface area contributed by atoms with Crippen molar-refractivity contribution in [1.29, 1.82) is 0 Å². The van der Waals surface area contributed by atoms with Crippen LogP contribution in [0.4, 0.5) is 5.82 Å². The van der Waals surface area contributed by atoms with Gasteiger partial charge in [-0.25, -0.2) is 9.97 Å². The number of hydrogen-bond acceptors (Lipinski definition) is 4. The lowest BCUT2D eigenvalue weighted by Gasteiger charge is -2.13. The van der Waals surface area contributed by atoms with E-state index in [0.717, 1.165) is 0 Å². The van der Waals surface area contributed by atoms with Crippen LogP contribution in [0.1, 0.15) is 6.92 Å². The molecule has 0 radical (unpaired) electrons. The molecule has 0 aliphatic heterocycles. The maximum atomic E-state index is 11.2. The first kappa shape index (κ1) is 12.2. The summed E-state index contributed by atoms with van der Waals surface area (Å²) in [7, 11) is 1.57. The molecule has 1 atom stereocenters. The molecule has 2 N–H and O–H groups in total. The number of nitrogens with one attached hydrogen (secondary N) is 2. The SMILES string of the molecule is CNC(=O)C(C)Nc1ncnc(Cl)c1Br. The maximum Gasteiger partial charge on any atom is 0.241 e. The number of carbonyl (C=O) groups excluding carboxylic acids is 1. The number of hydrogen-bond donors (Lipinski definition) is 2. The largest absolute Gasteiger partial charge is 0.358 e. The van der Waals surface area contributed by atoms with Crippen LogP contribution in [-0.2, 0) is 4.79 Å². The van der Waals surface area contributed by atoms with Crippen molar-refractivity contribution < 1.29 is 4.79 Å². The van der Waals surface area contributed by atoms with Crippen molar-refractivity contribution in [3.8, 4) is 0 Å². The van der Waals surface area contributed by atoms with Crippen LogP contribution in [-0.4, -0.2) is 29.0 Å². The minimum Gasteiger partial charge on any atom is -0.358 e. The zero-order valence-electron chi connectivity index (χ0n) is 8.21. The van der Waals surface area contributed by atoms with Crippen LogP contribution in [0.25, 0.3) is 0 Å². The highest BCUT2D eigenvalue weighted by molar-refractivity contribution is 9.10. The van der Waals surface area contributed by atoms with Crippen molar-refractivity contribution in [2.45, 2.75) is 13.0 Å². The molecule has 0 aliphatic carbocycles. The van der Waals surface area contributed by atoms with Gasteiger partial charge in [-0.05, 0) is 22.9 Å². The molecule has 15 heavy (non-hydrogen) atoms. The quantitative estimate of drug-likeness (QED) is 0.828. The monoisotopic (exact) mass is 292 g/mol. The Hall–Kier alpha value is -0.880. The highest BCUT2D eigenvalue weighted by Crippen LogP contribution is 2.26. The standard InChI is InChI=1S/C8H10BrClN4O/c1-4(8(15)11-2)14-7-5(9)6(10)12-3-13-7/h3-4H,1-2H3,(H,11,15)(H,12,13,14). The fourth-order valence-electron chi connectivity index (χ4n) is 0.936. The van der Waals surface area contributed by atoms with Crippen LogP contribution in [0.3, 0.4) is 0 Å². The summed E-state index contributed by atoms with van der Waals surface area (Å²) in [6.07, 6.45) is 1.33. The first-order valence-corrected chi connectivity index (χ1v) is 5.37. The Labute approximate surface area is 101 Å². The number of amides is 1. The summed E-state index contributed by atoms with van der Waals surface area (Å²) in [5.41, 5.74) is 0. The lowest BCUT2D eigenvalue weighted by Crippen LogP contribution is -2.35. The first-order chi connectivity index (χ1) is 7.06. The Morgan fingerprint density at radius 2 is 2.27 bits per heavy atom. The molecule has 0 bridgehead atoms. The van der Waals surface area contributed by atoms with Gasteiger partial charge < -0.3 is 10.6 Å². The highest BCUT2D eigenvalue weighted by Gasteiger charge is 2.14. The second-order valence-electron chi connectivity index (χ2n) is 2.81. The molecule has 1 heterocycles. The topological polar surface area (TPSA) is 66.9 Å². The number of nitrogens with zero attached hydrogens (tertiary/aromatic N) is 2. The summed E-state index contributed by atoms with van der Waals surface area (Å²) in [5, 5.41) is 5.74. The smallest absolute Gasteiger partial charge is 0.241 e. The summed E-state index contributed by atoms with van der Waals surface area (Å²) in [6, 6.07) is -0.391. The number of aromatic nitrogens is 2. The Balaban J connectivity index is 2.81. The summed E-state index contributed by atoms with van der Waals surface area (Å²) >= 11 is 9.00. The van der Waals surface area contributed by atoms with Crippen molar-refractivity contribution in [1.82, 2.24) is 15.3 Å². The molecule has 1 unspecified atom stereocenters. The molecule has 1 aromatic rings. The van der Waals surface area contributed by atoms with Crippen molar-refractivity contribution in [3.63, 3.8) is 0 Å². The molecule has 82 valence electrons. The van der Waals surface area contributed by atoms with E-state index in [4.69, 9.17) is 11.6 Å². The van der Waals surface area contributed by atoms with E-state index in [1.54, 1.807) is 14.0 Å². The van der Waals surface area contributed by atoms with Crippen molar-refractivity contribution in [3.05, 3.63) is 16.0 Å². The molecule has 1 aromatic heterocycles. The van der Waals surface area contributed by atoms with Gasteiger partial charge in [-0.2, -0.15) is 0 Å². The summed E-state index contributed by atoms with van der Waals surface area (Å²) < 4.78 is 0.544. The number of halogens is 2. The third-order valence-corrected chi connectivity index (χ3v) is 3.01. The summed E-state index contributed by atoms with van der Waals surface area (Å²) in [6.45, 7) is 1.72. The predicted molar refractivity (Wildman–Crippen MR) is 61.9 cm³/mol. The van der Waals surface area contributed by atoms with Gasteiger partial charge in [0.2, 0.25) is 5.91 Å². The molecule has 0 saturated carbocycles. The first-order valence-electron chi connectivity index (χ1n) is 4.20. The second kappa shape index (κ2) is 5.27. The van der Waals surface area contributed by atoms with Crippen LogP contribution in [0.5, 0.6) is 0 Å². The van der Waals surface area contributed by atoms with Crippen molar-refractivity contribution >= 4 is 39.3 Å². The normalized spacial score (nSPS) is 12.0. The van der Waals surface area contributed by atoms with Crippen LogP contribution < -0.4 is 10.6 Å². The van der Waals surface area contributed by atoms with E-state index in [-0.39, 0.29) is 5.91 Å². The second-order valence-corrected chi connectivity index (χ2v) is 3.96. The van der Waals surface area contributed by atoms with E-state index in [2.05, 4.69) is 36.5 Å². The predicted octanol–water partition coefficient (Wildman–Crippen LogP) is 1.44. The number of carbonyl (C=O) groups is 1. The van der Waals surface area contributed by atoms with E-state index >= 15 is 0 Å². The lowest BCUT2D eigenvalue weighted by molar-refractivity contribution is -0.121. The van der Waals surface area contributed by atoms with Gasteiger partial charge in [-0.1, -0.05) is 11.6 Å². The van der Waals surface area contributed by atoms with E-state index in [9.17, 15) is 4.79 Å². The number of rotatable bonds is 3. The van der Waals surface area contributed by atoms with Gasteiger partial charge in [0.15, 0.2) is 0 Å². The zero-order chi connectivity index (χ0) is 11.4. The molecule has 5 nitrogen and oxygen atoms in total.